The molecule has 296 valence electrons. The zero-order chi connectivity index (χ0) is 39.8. The van der Waals surface area contributed by atoms with Gasteiger partial charge in [0.1, 0.15) is 23.8 Å². The summed E-state index contributed by atoms with van der Waals surface area (Å²) in [6.07, 6.45) is 6.46. The third kappa shape index (κ3) is 6.50. The number of hydrogen-bond donors (Lipinski definition) is 6. The van der Waals surface area contributed by atoms with Crippen molar-refractivity contribution in [2.75, 3.05) is 27.3 Å². The van der Waals surface area contributed by atoms with Gasteiger partial charge in [-0.3, -0.25) is 0 Å². The van der Waals surface area contributed by atoms with Gasteiger partial charge >= 0.3 is 0 Å². The summed E-state index contributed by atoms with van der Waals surface area (Å²) in [5.41, 5.74) is 31.9. The predicted molar refractivity (Wildman–Crippen MR) is 220 cm³/mol. The lowest BCUT2D eigenvalue weighted by Crippen LogP contribution is -2.41. The lowest BCUT2D eigenvalue weighted by Gasteiger charge is -2.37. The highest BCUT2D eigenvalue weighted by molar-refractivity contribution is 5.59. The third-order valence-corrected chi connectivity index (χ3v) is 12.6. The van der Waals surface area contributed by atoms with Crippen LogP contribution in [0.3, 0.4) is 0 Å². The molecule has 2 aromatic heterocycles. The van der Waals surface area contributed by atoms with Crippen LogP contribution in [0.5, 0.6) is 0 Å². The average Bonchev–Trinajstić information content (AvgIpc) is 3.88. The fourth-order valence-electron chi connectivity index (χ4n) is 9.93. The van der Waals surface area contributed by atoms with E-state index in [0.29, 0.717) is 32.5 Å². The van der Waals surface area contributed by atoms with Gasteiger partial charge in [-0.25, -0.2) is 0 Å². The highest BCUT2D eigenvalue weighted by Crippen LogP contribution is 2.49. The van der Waals surface area contributed by atoms with E-state index in [-0.39, 0.29) is 0 Å². The fraction of sp³-hybridized carbons (Fsp3) is 0.378. The van der Waals surface area contributed by atoms with Crippen LogP contribution < -0.4 is 22.4 Å². The molecule has 0 spiro atoms. The van der Waals surface area contributed by atoms with E-state index in [1.54, 1.807) is 20.5 Å². The molecule has 12 nitrogen and oxygen atoms in total. The van der Waals surface area contributed by atoms with Gasteiger partial charge in [-0.15, -0.1) is 20.4 Å². The van der Waals surface area contributed by atoms with Gasteiger partial charge in [0.15, 0.2) is 0 Å². The van der Waals surface area contributed by atoms with E-state index in [0.717, 1.165) is 59.8 Å². The summed E-state index contributed by atoms with van der Waals surface area (Å²) in [4.78, 5) is 18.0. The highest BCUT2D eigenvalue weighted by atomic mass is 16.6. The number of nitrogens with two attached hydrogens (primary N) is 2. The largest absolute Gasteiger partial charge is 0.331 e. The van der Waals surface area contributed by atoms with E-state index >= 15 is 0 Å². The van der Waals surface area contributed by atoms with Crippen molar-refractivity contribution in [3.05, 3.63) is 163 Å². The third-order valence-electron chi connectivity index (χ3n) is 12.6. The molecule has 0 saturated heterocycles. The van der Waals surface area contributed by atoms with Crippen LogP contribution in [0.1, 0.15) is 104 Å². The van der Waals surface area contributed by atoms with Gasteiger partial charge in [-0.05, 0) is 134 Å². The molecule has 0 amide bonds. The van der Waals surface area contributed by atoms with E-state index in [1.807, 2.05) is 6.92 Å². The molecule has 3 unspecified atom stereocenters. The van der Waals surface area contributed by atoms with Gasteiger partial charge in [-0.1, -0.05) is 78.4 Å². The summed E-state index contributed by atoms with van der Waals surface area (Å²) in [5.74, 6) is 2.38. The number of H-pyrrole nitrogens is 2. The second-order valence-corrected chi connectivity index (χ2v) is 15.8. The average molecular weight is 767 g/mol. The normalized spacial score (nSPS) is 19.8. The van der Waals surface area contributed by atoms with Gasteiger partial charge < -0.3 is 31.1 Å². The van der Waals surface area contributed by atoms with Crippen LogP contribution in [-0.2, 0) is 58.3 Å². The first kappa shape index (κ1) is 38.8. The number of aromatic amines is 2. The maximum atomic E-state index is 6.50. The first-order valence-electron chi connectivity index (χ1n) is 19.9. The van der Waals surface area contributed by atoms with Gasteiger partial charge in [0, 0.05) is 6.54 Å². The second-order valence-electron chi connectivity index (χ2n) is 15.8. The van der Waals surface area contributed by atoms with E-state index in [9.17, 15) is 0 Å². The molecule has 6 aromatic rings. The predicted octanol–water partition coefficient (Wildman–Crippen LogP) is 5.17. The van der Waals surface area contributed by atoms with Gasteiger partial charge in [0.05, 0.1) is 30.6 Å². The van der Waals surface area contributed by atoms with Gasteiger partial charge in [0.2, 0.25) is 0 Å². The monoisotopic (exact) mass is 766 g/mol. The number of fused-ring (bicyclic) bond motifs is 4. The summed E-state index contributed by atoms with van der Waals surface area (Å²) >= 11 is 0. The van der Waals surface area contributed by atoms with Crippen LogP contribution in [0, 0.1) is 13.8 Å². The highest BCUT2D eigenvalue weighted by Gasteiger charge is 2.46. The Hall–Kier alpha value is -5.08. The van der Waals surface area contributed by atoms with Crippen molar-refractivity contribution < 1.29 is 9.68 Å². The molecular weight excluding hydrogens is 713 g/mol. The molecule has 3 atom stereocenters. The maximum Gasteiger partial charge on any atom is 0.145 e. The molecular formula is C45H54N10O2. The Morgan fingerprint density at radius 2 is 1.25 bits per heavy atom. The SMILES string of the molecule is CONCc1ccc2c(c1)CCc1cc(C(C)(NOC)c3ccc4c(c3)CCc3cc(C)ccc3C4(CCN)c3nnc[nH]3)ccc1C2(CCN)c1nnc(C)[nH]1. The Morgan fingerprint density at radius 1 is 0.684 bits per heavy atom. The van der Waals surface area contributed by atoms with E-state index in [4.69, 9.17) is 26.2 Å². The van der Waals surface area contributed by atoms with Gasteiger partial charge in [-0.2, -0.15) is 11.0 Å². The van der Waals surface area contributed by atoms with Gasteiger partial charge in [0.25, 0.3) is 0 Å². The van der Waals surface area contributed by atoms with Crippen LogP contribution in [0.15, 0.2) is 79.1 Å². The zero-order valence-electron chi connectivity index (χ0n) is 33.6. The number of aryl methyl sites for hydroxylation is 6. The molecule has 2 aliphatic carbocycles. The van der Waals surface area contributed by atoms with Crippen LogP contribution in [0.4, 0.5) is 0 Å². The number of nitrogens with zero attached hydrogens (tertiary/aromatic N) is 4. The van der Waals surface area contributed by atoms with Crippen molar-refractivity contribution in [2.45, 2.75) is 82.2 Å². The molecule has 2 aliphatic rings. The Labute approximate surface area is 334 Å². The number of benzene rings is 4. The van der Waals surface area contributed by atoms with E-state index in [1.165, 1.54) is 50.1 Å². The quantitative estimate of drug-likeness (QED) is 0.0860. The number of aromatic nitrogens is 6. The summed E-state index contributed by atoms with van der Waals surface area (Å²) < 4.78 is 0. The molecule has 0 saturated carbocycles. The van der Waals surface area contributed by atoms with Crippen LogP contribution >= 0.6 is 0 Å². The Morgan fingerprint density at radius 3 is 1.77 bits per heavy atom. The summed E-state index contributed by atoms with van der Waals surface area (Å²) in [7, 11) is 3.33. The van der Waals surface area contributed by atoms with Crippen LogP contribution in [0.25, 0.3) is 0 Å². The number of rotatable bonds is 13. The molecule has 4 aromatic carbocycles. The number of hydroxylamine groups is 2. The first-order valence-corrected chi connectivity index (χ1v) is 19.9. The Bertz CT molecular complexity index is 2370. The van der Waals surface area contributed by atoms with Crippen molar-refractivity contribution in [1.82, 2.24) is 41.3 Å². The molecule has 0 radical (unpaired) electrons. The van der Waals surface area contributed by atoms with Crippen LogP contribution in [-0.4, -0.2) is 57.7 Å². The van der Waals surface area contributed by atoms with E-state index in [2.05, 4.69) is 123 Å². The lowest BCUT2D eigenvalue weighted by atomic mass is 9.68. The van der Waals surface area contributed by atoms with Crippen molar-refractivity contribution in [3.63, 3.8) is 0 Å². The smallest absolute Gasteiger partial charge is 0.145 e. The summed E-state index contributed by atoms with van der Waals surface area (Å²) in [5, 5.41) is 18.1. The standard InChI is InChI=1S/C45H54N10O2/c1-28-6-14-37-31(22-28)8-10-33-24-35(12-16-39(33)44(37,18-20-46)41-48-27-49-53-41)43(3,55-57-5)36-13-17-40-34(25-36)11-9-32-23-30(26-50-56-4)7-15-38(32)45(40,19-21-47)42-51-29(2)52-54-42/h6-7,12-17,22-25,27,50,55H,8-11,18-21,26,46-47H2,1-5H3,(H,48,49,53)(H,51,52,54). The minimum Gasteiger partial charge on any atom is -0.331 e. The Balaban J connectivity index is 1.28. The van der Waals surface area contributed by atoms with Crippen molar-refractivity contribution in [3.8, 4) is 0 Å². The minimum atomic E-state index is -0.713. The summed E-state index contributed by atoms with van der Waals surface area (Å²) in [6.45, 7) is 7.86. The Kier molecular flexibility index (Phi) is 10.7. The van der Waals surface area contributed by atoms with Crippen molar-refractivity contribution in [1.29, 1.82) is 0 Å². The molecule has 8 rings (SSSR count). The minimum absolute atomic E-state index is 0.467. The zero-order valence-corrected chi connectivity index (χ0v) is 33.6. The van der Waals surface area contributed by atoms with E-state index < -0.39 is 16.4 Å². The molecule has 0 bridgehead atoms. The fourth-order valence-corrected chi connectivity index (χ4v) is 9.93. The summed E-state index contributed by atoms with van der Waals surface area (Å²) in [6, 6.07) is 27.2. The maximum absolute atomic E-state index is 6.50. The van der Waals surface area contributed by atoms with Crippen molar-refractivity contribution in [2.24, 2.45) is 11.5 Å². The molecule has 2 heterocycles. The molecule has 57 heavy (non-hydrogen) atoms. The first-order chi connectivity index (χ1) is 27.7. The second kappa shape index (κ2) is 15.7. The topological polar surface area (TPSA) is 178 Å². The number of hydrogen-bond acceptors (Lipinski definition) is 10. The molecule has 12 heteroatoms. The number of nitrogens with one attached hydrogen (secondary N) is 4. The lowest BCUT2D eigenvalue weighted by molar-refractivity contribution is 0.0345. The molecule has 8 N–H and O–H groups in total. The van der Waals surface area contributed by atoms with Crippen molar-refractivity contribution >= 4 is 0 Å². The molecule has 0 aliphatic heterocycles. The molecule has 0 fully saturated rings. The van der Waals surface area contributed by atoms with Crippen LogP contribution in [0.2, 0.25) is 0 Å².